The van der Waals surface area contributed by atoms with Gasteiger partial charge in [0.05, 0.1) is 31.1 Å². The zero-order valence-electron chi connectivity index (χ0n) is 15.5. The standard InChI is InChI=1S/C21H18N4O2/c1-11-14(7-13-5-6-17(26-3)18(8-13)27-4)19-12(2)16(10-23)21(24)25-20(19)15(11)9-22/h5-8H,1-4H3,(H2,24,25)/b14-7-. The number of nitrogens with zero attached hydrogens (tertiary/aromatic N) is 3. The van der Waals surface area contributed by atoms with Gasteiger partial charge in [-0.25, -0.2) is 4.98 Å². The van der Waals surface area contributed by atoms with Gasteiger partial charge in [-0.3, -0.25) is 0 Å². The first-order chi connectivity index (χ1) is 13.0. The van der Waals surface area contributed by atoms with E-state index < -0.39 is 0 Å². The molecule has 0 atom stereocenters. The van der Waals surface area contributed by atoms with Gasteiger partial charge in [-0.1, -0.05) is 6.07 Å². The maximum atomic E-state index is 9.61. The molecular formula is C21H18N4O2. The number of anilines is 1. The van der Waals surface area contributed by atoms with E-state index in [4.69, 9.17) is 15.2 Å². The van der Waals surface area contributed by atoms with Crippen molar-refractivity contribution in [2.75, 3.05) is 20.0 Å². The van der Waals surface area contributed by atoms with Crippen LogP contribution in [0.3, 0.4) is 0 Å². The molecule has 1 aromatic heterocycles. The fourth-order valence-corrected chi connectivity index (χ4v) is 3.30. The number of ether oxygens (including phenoxy) is 2. The van der Waals surface area contributed by atoms with Crippen LogP contribution < -0.4 is 15.2 Å². The summed E-state index contributed by atoms with van der Waals surface area (Å²) in [5.41, 5.74) is 11.2. The number of hydrogen-bond donors (Lipinski definition) is 1. The Bertz CT molecular complexity index is 1100. The van der Waals surface area contributed by atoms with Gasteiger partial charge in [-0.15, -0.1) is 0 Å². The van der Waals surface area contributed by atoms with E-state index in [2.05, 4.69) is 17.1 Å². The van der Waals surface area contributed by atoms with Gasteiger partial charge in [0.15, 0.2) is 11.5 Å². The minimum atomic E-state index is 0.140. The fraction of sp³-hybridized carbons (Fsp3) is 0.190. The predicted octanol–water partition coefficient (Wildman–Crippen LogP) is 3.71. The predicted molar refractivity (Wildman–Crippen MR) is 104 cm³/mol. The lowest BCUT2D eigenvalue weighted by Gasteiger charge is -2.12. The summed E-state index contributed by atoms with van der Waals surface area (Å²) in [6.07, 6.45) is 1.95. The molecule has 27 heavy (non-hydrogen) atoms. The third-order valence-electron chi connectivity index (χ3n) is 4.70. The van der Waals surface area contributed by atoms with Crippen molar-refractivity contribution >= 4 is 23.0 Å². The molecule has 0 amide bonds. The molecule has 0 saturated carbocycles. The van der Waals surface area contributed by atoms with E-state index in [0.717, 1.165) is 27.8 Å². The quantitative estimate of drug-likeness (QED) is 0.896. The first kappa shape index (κ1) is 18.0. The molecule has 0 spiro atoms. The molecule has 134 valence electrons. The van der Waals surface area contributed by atoms with Crippen LogP contribution in [0.2, 0.25) is 0 Å². The molecule has 3 rings (SSSR count). The summed E-state index contributed by atoms with van der Waals surface area (Å²) in [4.78, 5) is 4.33. The zero-order chi connectivity index (χ0) is 19.7. The number of rotatable bonds is 3. The summed E-state index contributed by atoms with van der Waals surface area (Å²) in [7, 11) is 3.16. The average molecular weight is 358 g/mol. The number of nitrogens with two attached hydrogens (primary N) is 1. The van der Waals surface area contributed by atoms with Crippen LogP contribution >= 0.6 is 0 Å². The summed E-state index contributed by atoms with van der Waals surface area (Å²) < 4.78 is 10.6. The third-order valence-corrected chi connectivity index (χ3v) is 4.70. The van der Waals surface area contributed by atoms with Crippen molar-refractivity contribution in [1.29, 1.82) is 10.5 Å². The summed E-state index contributed by atoms with van der Waals surface area (Å²) in [5, 5.41) is 19.0. The van der Waals surface area contributed by atoms with E-state index in [-0.39, 0.29) is 5.82 Å². The summed E-state index contributed by atoms with van der Waals surface area (Å²) >= 11 is 0. The molecule has 0 saturated heterocycles. The van der Waals surface area contributed by atoms with E-state index in [1.165, 1.54) is 0 Å². The Morgan fingerprint density at radius 3 is 2.37 bits per heavy atom. The molecule has 0 fully saturated rings. The lowest BCUT2D eigenvalue weighted by Crippen LogP contribution is -2.03. The number of fused-ring (bicyclic) bond motifs is 1. The SMILES string of the molecule is COc1ccc(/C=C2/C(C)=C(C#N)c3nc(N)c(C#N)c(C)c32)cc1OC. The highest BCUT2D eigenvalue weighted by Crippen LogP contribution is 2.44. The largest absolute Gasteiger partial charge is 0.493 e. The summed E-state index contributed by atoms with van der Waals surface area (Å²) in [6, 6.07) is 9.89. The normalized spacial score (nSPS) is 13.9. The average Bonchev–Trinajstić information content (AvgIpc) is 2.92. The number of allylic oxidation sites excluding steroid dienone is 3. The first-order valence-corrected chi connectivity index (χ1v) is 8.22. The van der Waals surface area contributed by atoms with Gasteiger partial charge < -0.3 is 15.2 Å². The number of benzene rings is 1. The maximum Gasteiger partial charge on any atom is 0.161 e. The smallest absolute Gasteiger partial charge is 0.161 e. The van der Waals surface area contributed by atoms with Crippen molar-refractivity contribution in [2.45, 2.75) is 13.8 Å². The summed E-state index contributed by atoms with van der Waals surface area (Å²) in [5.74, 6) is 1.38. The molecule has 1 aliphatic rings. The zero-order valence-corrected chi connectivity index (χ0v) is 15.5. The van der Waals surface area contributed by atoms with E-state index >= 15 is 0 Å². The molecule has 6 nitrogen and oxygen atoms in total. The highest BCUT2D eigenvalue weighted by atomic mass is 16.5. The Kier molecular flexibility index (Phi) is 4.58. The van der Waals surface area contributed by atoms with Gasteiger partial charge in [0.2, 0.25) is 0 Å². The highest BCUT2D eigenvalue weighted by Gasteiger charge is 2.29. The molecular weight excluding hydrogens is 340 g/mol. The lowest BCUT2D eigenvalue weighted by atomic mass is 9.95. The molecule has 0 unspecified atom stereocenters. The van der Waals surface area contributed by atoms with Crippen LogP contribution in [0, 0.1) is 29.6 Å². The second kappa shape index (κ2) is 6.86. The second-order valence-corrected chi connectivity index (χ2v) is 6.12. The molecule has 0 radical (unpaired) electrons. The van der Waals surface area contributed by atoms with Gasteiger partial charge in [0.1, 0.15) is 18.0 Å². The number of methoxy groups -OCH3 is 2. The minimum absolute atomic E-state index is 0.140. The van der Waals surface area contributed by atoms with Crippen LogP contribution in [-0.4, -0.2) is 19.2 Å². The Labute approximate surface area is 157 Å². The van der Waals surface area contributed by atoms with Crippen LogP contribution in [0.25, 0.3) is 17.2 Å². The first-order valence-electron chi connectivity index (χ1n) is 8.22. The van der Waals surface area contributed by atoms with Gasteiger partial charge in [-0.2, -0.15) is 10.5 Å². The van der Waals surface area contributed by atoms with E-state index in [9.17, 15) is 10.5 Å². The second-order valence-electron chi connectivity index (χ2n) is 6.12. The fourth-order valence-electron chi connectivity index (χ4n) is 3.30. The Hall–Kier alpha value is -3.77. The molecule has 6 heteroatoms. The molecule has 2 N–H and O–H groups in total. The van der Waals surface area contributed by atoms with Crippen molar-refractivity contribution in [3.63, 3.8) is 0 Å². The number of hydrogen-bond acceptors (Lipinski definition) is 6. The van der Waals surface area contributed by atoms with Crippen LogP contribution in [-0.2, 0) is 0 Å². The molecule has 0 aliphatic heterocycles. The molecule has 1 aliphatic carbocycles. The van der Waals surface area contributed by atoms with Crippen LogP contribution in [0.15, 0.2) is 23.8 Å². The van der Waals surface area contributed by atoms with Gasteiger partial charge in [0.25, 0.3) is 0 Å². The Morgan fingerprint density at radius 2 is 1.78 bits per heavy atom. The van der Waals surface area contributed by atoms with Crippen molar-refractivity contribution in [1.82, 2.24) is 4.98 Å². The van der Waals surface area contributed by atoms with Gasteiger partial charge in [-0.05, 0) is 54.3 Å². The summed E-state index contributed by atoms with van der Waals surface area (Å²) in [6.45, 7) is 3.69. The van der Waals surface area contributed by atoms with E-state index in [0.29, 0.717) is 28.3 Å². The number of nitrogen functional groups attached to an aromatic ring is 1. The topological polar surface area (TPSA) is 105 Å². The number of aromatic nitrogens is 1. The Morgan fingerprint density at radius 1 is 1.07 bits per heavy atom. The molecule has 2 aromatic rings. The van der Waals surface area contributed by atoms with E-state index in [1.807, 2.05) is 38.1 Å². The molecule has 0 bridgehead atoms. The highest BCUT2D eigenvalue weighted by molar-refractivity contribution is 6.08. The lowest BCUT2D eigenvalue weighted by molar-refractivity contribution is 0.355. The van der Waals surface area contributed by atoms with Crippen LogP contribution in [0.4, 0.5) is 5.82 Å². The van der Waals surface area contributed by atoms with Crippen molar-refractivity contribution in [2.24, 2.45) is 0 Å². The van der Waals surface area contributed by atoms with Crippen molar-refractivity contribution in [3.8, 4) is 23.6 Å². The monoisotopic (exact) mass is 358 g/mol. The Balaban J connectivity index is 2.27. The maximum absolute atomic E-state index is 9.61. The van der Waals surface area contributed by atoms with Gasteiger partial charge in [0, 0.05) is 5.56 Å². The number of nitriles is 2. The minimum Gasteiger partial charge on any atom is -0.493 e. The molecule has 1 aromatic carbocycles. The van der Waals surface area contributed by atoms with Crippen LogP contribution in [0.5, 0.6) is 11.5 Å². The number of pyridine rings is 1. The van der Waals surface area contributed by atoms with Gasteiger partial charge >= 0.3 is 0 Å². The van der Waals surface area contributed by atoms with Crippen LogP contribution in [0.1, 0.15) is 34.9 Å². The van der Waals surface area contributed by atoms with Crippen molar-refractivity contribution < 1.29 is 9.47 Å². The third kappa shape index (κ3) is 2.78. The van der Waals surface area contributed by atoms with Crippen molar-refractivity contribution in [3.05, 3.63) is 51.7 Å². The molecule has 1 heterocycles. The van der Waals surface area contributed by atoms with E-state index in [1.54, 1.807) is 14.2 Å².